The number of halogens is 1. The summed E-state index contributed by atoms with van der Waals surface area (Å²) in [7, 11) is 0. The largest absolute Gasteiger partial charge is 0.317 e. The lowest BCUT2D eigenvalue weighted by Gasteiger charge is -2.44. The first-order chi connectivity index (χ1) is 11.2. The molecule has 130 valence electrons. The van der Waals surface area contributed by atoms with E-state index in [0.29, 0.717) is 6.04 Å². The molecule has 0 saturated carbocycles. The third-order valence-corrected chi connectivity index (χ3v) is 5.45. The highest BCUT2D eigenvalue weighted by molar-refractivity contribution is 9.10. The summed E-state index contributed by atoms with van der Waals surface area (Å²) in [6.45, 7) is 13.5. The Morgan fingerprint density at radius 3 is 2.35 bits per heavy atom. The Hall–Kier alpha value is -0.420. The van der Waals surface area contributed by atoms with Gasteiger partial charge in [0.05, 0.1) is 0 Å². The monoisotopic (exact) mass is 381 g/mol. The van der Waals surface area contributed by atoms with E-state index in [0.717, 1.165) is 17.1 Å². The van der Waals surface area contributed by atoms with Crippen molar-refractivity contribution >= 4 is 15.9 Å². The van der Waals surface area contributed by atoms with E-state index in [1.807, 2.05) is 13.8 Å². The lowest BCUT2D eigenvalue weighted by atomic mass is 10.0. The summed E-state index contributed by atoms with van der Waals surface area (Å²) >= 11 is 3.51. The van der Waals surface area contributed by atoms with E-state index in [1.165, 1.54) is 51.1 Å². The van der Waals surface area contributed by atoms with Crippen molar-refractivity contribution in [3.63, 3.8) is 0 Å². The molecule has 1 N–H and O–H groups in total. The summed E-state index contributed by atoms with van der Waals surface area (Å²) in [5, 5.41) is 3.47. The third-order valence-electron chi connectivity index (χ3n) is 4.92. The highest BCUT2D eigenvalue weighted by Crippen LogP contribution is 2.20. The number of nitrogens with one attached hydrogen (secondary N) is 1. The second-order valence-corrected chi connectivity index (χ2v) is 7.34. The fourth-order valence-corrected chi connectivity index (χ4v) is 3.85. The predicted octanol–water partition coefficient (Wildman–Crippen LogP) is 3.73. The third kappa shape index (κ3) is 5.56. The van der Waals surface area contributed by atoms with Gasteiger partial charge in [-0.3, -0.25) is 9.80 Å². The summed E-state index contributed by atoms with van der Waals surface area (Å²) in [5.41, 5.74) is 1.42. The summed E-state index contributed by atoms with van der Waals surface area (Å²) < 4.78 is 1.16. The molecule has 4 heteroatoms. The first kappa shape index (κ1) is 18.9. The van der Waals surface area contributed by atoms with Gasteiger partial charge >= 0.3 is 0 Å². The molecule has 2 heterocycles. The second kappa shape index (κ2) is 9.77. The summed E-state index contributed by atoms with van der Waals surface area (Å²) in [4.78, 5) is 5.35. The van der Waals surface area contributed by atoms with Gasteiger partial charge in [0.25, 0.3) is 0 Å². The Bertz CT molecular complexity index is 442. The number of piperidine rings is 1. The average molecular weight is 382 g/mol. The molecule has 23 heavy (non-hydrogen) atoms. The zero-order chi connectivity index (χ0) is 16.7. The SMILES string of the molecule is CC.CC1CN(C2CCNCC2)CCN1Cc1ccc(Br)cc1. The standard InChI is InChI=1S/C17H26BrN3.C2H6/c1-14-12-21(17-6-8-19-9-7-17)11-10-20(14)13-15-2-4-16(18)5-3-15;1-2/h2-5,14,17,19H,6-13H2,1H3;1-2H3. The van der Waals surface area contributed by atoms with Gasteiger partial charge in [-0.05, 0) is 50.6 Å². The molecule has 0 aromatic heterocycles. The molecule has 0 amide bonds. The fraction of sp³-hybridized carbons (Fsp3) is 0.684. The molecule has 1 unspecified atom stereocenters. The van der Waals surface area contributed by atoms with Crippen molar-refractivity contribution in [3.8, 4) is 0 Å². The molecule has 2 fully saturated rings. The predicted molar refractivity (Wildman–Crippen MR) is 103 cm³/mol. The topological polar surface area (TPSA) is 18.5 Å². The van der Waals surface area contributed by atoms with Gasteiger partial charge in [-0.2, -0.15) is 0 Å². The van der Waals surface area contributed by atoms with Crippen LogP contribution in [0.1, 0.15) is 39.2 Å². The van der Waals surface area contributed by atoms with Crippen molar-refractivity contribution in [2.75, 3.05) is 32.7 Å². The lowest BCUT2D eigenvalue weighted by molar-refractivity contribution is 0.0412. The molecule has 2 aliphatic heterocycles. The molecular formula is C19H32BrN3. The minimum atomic E-state index is 0.650. The van der Waals surface area contributed by atoms with E-state index in [4.69, 9.17) is 0 Å². The number of benzene rings is 1. The van der Waals surface area contributed by atoms with Crippen molar-refractivity contribution in [2.24, 2.45) is 0 Å². The normalized spacial score (nSPS) is 24.1. The molecule has 0 spiro atoms. The molecule has 0 aliphatic carbocycles. The van der Waals surface area contributed by atoms with Crippen LogP contribution >= 0.6 is 15.9 Å². The molecule has 1 aromatic carbocycles. The average Bonchev–Trinajstić information content (AvgIpc) is 2.61. The number of hydrogen-bond donors (Lipinski definition) is 1. The molecular weight excluding hydrogens is 350 g/mol. The maximum Gasteiger partial charge on any atom is 0.0237 e. The van der Waals surface area contributed by atoms with Crippen LogP contribution in [0.3, 0.4) is 0 Å². The van der Waals surface area contributed by atoms with Gasteiger partial charge in [-0.15, -0.1) is 0 Å². The van der Waals surface area contributed by atoms with Gasteiger partial charge in [0, 0.05) is 42.7 Å². The van der Waals surface area contributed by atoms with Crippen molar-refractivity contribution < 1.29 is 0 Å². The number of nitrogens with zero attached hydrogens (tertiary/aromatic N) is 2. The fourth-order valence-electron chi connectivity index (χ4n) is 3.59. The molecule has 0 bridgehead atoms. The zero-order valence-corrected chi connectivity index (χ0v) is 16.5. The number of hydrogen-bond acceptors (Lipinski definition) is 3. The first-order valence-corrected chi connectivity index (χ1v) is 9.95. The highest BCUT2D eigenvalue weighted by Gasteiger charge is 2.28. The maximum atomic E-state index is 3.51. The number of piperazine rings is 1. The van der Waals surface area contributed by atoms with Gasteiger partial charge in [0.1, 0.15) is 0 Å². The van der Waals surface area contributed by atoms with Crippen molar-refractivity contribution in [3.05, 3.63) is 34.3 Å². The van der Waals surface area contributed by atoms with Crippen LogP contribution in [0.15, 0.2) is 28.7 Å². The molecule has 0 radical (unpaired) electrons. The lowest BCUT2D eigenvalue weighted by Crippen LogP contribution is -2.56. The summed E-state index contributed by atoms with van der Waals surface area (Å²) in [5.74, 6) is 0. The number of rotatable bonds is 3. The van der Waals surface area contributed by atoms with Crippen LogP contribution in [0.4, 0.5) is 0 Å². The summed E-state index contributed by atoms with van der Waals surface area (Å²) in [6, 6.07) is 10.2. The maximum absolute atomic E-state index is 3.51. The van der Waals surface area contributed by atoms with Gasteiger partial charge < -0.3 is 5.32 Å². The zero-order valence-electron chi connectivity index (χ0n) is 14.9. The van der Waals surface area contributed by atoms with Crippen molar-refractivity contribution in [1.29, 1.82) is 0 Å². The van der Waals surface area contributed by atoms with Crippen LogP contribution in [0, 0.1) is 0 Å². The van der Waals surface area contributed by atoms with E-state index in [2.05, 4.69) is 62.2 Å². The van der Waals surface area contributed by atoms with Gasteiger partial charge in [-0.1, -0.05) is 41.9 Å². The molecule has 3 rings (SSSR count). The minimum absolute atomic E-state index is 0.650. The van der Waals surface area contributed by atoms with E-state index in [1.54, 1.807) is 0 Å². The Balaban J connectivity index is 0.000000924. The smallest absolute Gasteiger partial charge is 0.0237 e. The molecule has 2 aliphatic rings. The summed E-state index contributed by atoms with van der Waals surface area (Å²) in [6.07, 6.45) is 2.64. The van der Waals surface area contributed by atoms with Crippen LogP contribution in [0.5, 0.6) is 0 Å². The van der Waals surface area contributed by atoms with Crippen LogP contribution in [0.2, 0.25) is 0 Å². The van der Waals surface area contributed by atoms with Gasteiger partial charge in [0.2, 0.25) is 0 Å². The van der Waals surface area contributed by atoms with Crippen molar-refractivity contribution in [1.82, 2.24) is 15.1 Å². The first-order valence-electron chi connectivity index (χ1n) is 9.15. The Morgan fingerprint density at radius 2 is 1.74 bits per heavy atom. The van der Waals surface area contributed by atoms with Crippen LogP contribution in [-0.4, -0.2) is 54.6 Å². The van der Waals surface area contributed by atoms with E-state index in [-0.39, 0.29) is 0 Å². The highest BCUT2D eigenvalue weighted by atomic mass is 79.9. The van der Waals surface area contributed by atoms with Gasteiger partial charge in [0.15, 0.2) is 0 Å². The quantitative estimate of drug-likeness (QED) is 0.860. The molecule has 3 nitrogen and oxygen atoms in total. The van der Waals surface area contributed by atoms with Crippen LogP contribution in [0.25, 0.3) is 0 Å². The van der Waals surface area contributed by atoms with E-state index >= 15 is 0 Å². The Kier molecular flexibility index (Phi) is 8.04. The van der Waals surface area contributed by atoms with Gasteiger partial charge in [-0.25, -0.2) is 0 Å². The second-order valence-electron chi connectivity index (χ2n) is 6.42. The van der Waals surface area contributed by atoms with Crippen LogP contribution < -0.4 is 5.32 Å². The minimum Gasteiger partial charge on any atom is -0.317 e. The molecule has 1 atom stereocenters. The van der Waals surface area contributed by atoms with E-state index < -0.39 is 0 Å². The van der Waals surface area contributed by atoms with Crippen LogP contribution in [-0.2, 0) is 6.54 Å². The Morgan fingerprint density at radius 1 is 1.09 bits per heavy atom. The molecule has 2 saturated heterocycles. The molecule has 1 aromatic rings. The van der Waals surface area contributed by atoms with Crippen molar-refractivity contribution in [2.45, 2.75) is 52.2 Å². The van der Waals surface area contributed by atoms with E-state index in [9.17, 15) is 0 Å². The Labute approximate surface area is 150 Å².